The molecule has 0 aliphatic carbocycles. The number of rotatable bonds is 5. The third-order valence-corrected chi connectivity index (χ3v) is 7.37. The molecular formula is C23H23FN2O3S. The van der Waals surface area contributed by atoms with Crippen molar-refractivity contribution in [3.05, 3.63) is 78.1 Å². The lowest BCUT2D eigenvalue weighted by atomic mass is 9.98. The number of hydrogen-bond acceptors (Lipinski definition) is 3. The second-order valence-electron chi connectivity index (χ2n) is 7.56. The third kappa shape index (κ3) is 4.37. The van der Waals surface area contributed by atoms with Crippen LogP contribution in [0.2, 0.25) is 0 Å². The largest absolute Gasteiger partial charge is 0.352 e. The van der Waals surface area contributed by atoms with Crippen LogP contribution in [0, 0.1) is 11.7 Å². The summed E-state index contributed by atoms with van der Waals surface area (Å²) in [6.07, 6.45) is 1.24. The van der Waals surface area contributed by atoms with E-state index >= 15 is 0 Å². The van der Waals surface area contributed by atoms with Crippen molar-refractivity contribution in [3.63, 3.8) is 0 Å². The highest BCUT2D eigenvalue weighted by Crippen LogP contribution is 2.24. The molecule has 7 heteroatoms. The standard InChI is InChI=1S/C23H23FN2O3S/c24-21-9-11-22(12-10-21)30(28,29)26-13-3-6-20(16-26)23(27)25-15-17-7-8-18-4-1-2-5-19(18)14-17/h1-2,4-5,7-12,14,20H,3,6,13,15-16H2,(H,25,27)/t20-/m1/s1. The van der Waals surface area contributed by atoms with Crippen LogP contribution in [0.3, 0.4) is 0 Å². The van der Waals surface area contributed by atoms with Gasteiger partial charge in [0.2, 0.25) is 15.9 Å². The Morgan fingerprint density at radius 2 is 1.77 bits per heavy atom. The molecule has 1 aliphatic heterocycles. The molecule has 0 bridgehead atoms. The summed E-state index contributed by atoms with van der Waals surface area (Å²) in [5.41, 5.74) is 0.994. The van der Waals surface area contributed by atoms with Crippen molar-refractivity contribution in [3.8, 4) is 0 Å². The zero-order chi connectivity index (χ0) is 21.1. The van der Waals surface area contributed by atoms with E-state index in [1.165, 1.54) is 16.4 Å². The first-order chi connectivity index (χ1) is 14.4. The zero-order valence-electron chi connectivity index (χ0n) is 16.4. The summed E-state index contributed by atoms with van der Waals surface area (Å²) >= 11 is 0. The zero-order valence-corrected chi connectivity index (χ0v) is 17.2. The second-order valence-corrected chi connectivity index (χ2v) is 9.49. The molecule has 5 nitrogen and oxygen atoms in total. The van der Waals surface area contributed by atoms with Gasteiger partial charge in [-0.1, -0.05) is 36.4 Å². The van der Waals surface area contributed by atoms with Crippen molar-refractivity contribution >= 4 is 26.7 Å². The van der Waals surface area contributed by atoms with E-state index in [4.69, 9.17) is 0 Å². The van der Waals surface area contributed by atoms with Gasteiger partial charge in [0.15, 0.2) is 0 Å². The number of nitrogens with one attached hydrogen (secondary N) is 1. The molecule has 1 fully saturated rings. The lowest BCUT2D eigenvalue weighted by Crippen LogP contribution is -2.45. The molecule has 4 rings (SSSR count). The van der Waals surface area contributed by atoms with E-state index < -0.39 is 21.8 Å². The molecular weight excluding hydrogens is 403 g/mol. The fraction of sp³-hybridized carbons (Fsp3) is 0.261. The van der Waals surface area contributed by atoms with Gasteiger partial charge in [0.1, 0.15) is 5.82 Å². The molecule has 30 heavy (non-hydrogen) atoms. The van der Waals surface area contributed by atoms with Gasteiger partial charge in [-0.2, -0.15) is 4.31 Å². The van der Waals surface area contributed by atoms with Gasteiger partial charge in [0.25, 0.3) is 0 Å². The number of benzene rings is 3. The molecule has 1 aliphatic rings. The highest BCUT2D eigenvalue weighted by molar-refractivity contribution is 7.89. The van der Waals surface area contributed by atoms with Crippen LogP contribution in [0.25, 0.3) is 10.8 Å². The van der Waals surface area contributed by atoms with Crippen molar-refractivity contribution in [1.82, 2.24) is 9.62 Å². The molecule has 0 unspecified atom stereocenters. The average Bonchev–Trinajstić information content (AvgIpc) is 2.77. The molecule has 0 aromatic heterocycles. The van der Waals surface area contributed by atoms with Crippen molar-refractivity contribution in [1.29, 1.82) is 0 Å². The summed E-state index contributed by atoms with van der Waals surface area (Å²) in [7, 11) is -3.75. The van der Waals surface area contributed by atoms with E-state index in [0.717, 1.165) is 28.5 Å². The molecule has 1 heterocycles. The molecule has 0 spiro atoms. The number of sulfonamides is 1. The van der Waals surface area contributed by atoms with Crippen LogP contribution in [0.1, 0.15) is 18.4 Å². The number of hydrogen-bond donors (Lipinski definition) is 1. The van der Waals surface area contributed by atoms with Crippen LogP contribution in [-0.4, -0.2) is 31.7 Å². The summed E-state index contributed by atoms with van der Waals surface area (Å²) in [6, 6.07) is 18.8. The van der Waals surface area contributed by atoms with E-state index in [1.54, 1.807) is 0 Å². The minimum atomic E-state index is -3.75. The Morgan fingerprint density at radius 1 is 1.03 bits per heavy atom. The second kappa shape index (κ2) is 8.53. The minimum absolute atomic E-state index is 0.0427. The Balaban J connectivity index is 1.41. The smallest absolute Gasteiger partial charge is 0.243 e. The molecule has 1 N–H and O–H groups in total. The van der Waals surface area contributed by atoms with Gasteiger partial charge >= 0.3 is 0 Å². The topological polar surface area (TPSA) is 66.5 Å². The van der Waals surface area contributed by atoms with Gasteiger partial charge in [-0.3, -0.25) is 4.79 Å². The summed E-state index contributed by atoms with van der Waals surface area (Å²) in [5, 5.41) is 5.19. The summed E-state index contributed by atoms with van der Waals surface area (Å²) in [4.78, 5) is 12.7. The Bertz CT molecular complexity index is 1160. The lowest BCUT2D eigenvalue weighted by molar-refractivity contribution is -0.126. The highest BCUT2D eigenvalue weighted by atomic mass is 32.2. The van der Waals surface area contributed by atoms with Gasteiger partial charge in [-0.15, -0.1) is 0 Å². The maximum Gasteiger partial charge on any atom is 0.243 e. The lowest BCUT2D eigenvalue weighted by Gasteiger charge is -2.31. The average molecular weight is 427 g/mol. The van der Waals surface area contributed by atoms with E-state index in [9.17, 15) is 17.6 Å². The van der Waals surface area contributed by atoms with Gasteiger partial charge in [0, 0.05) is 19.6 Å². The third-order valence-electron chi connectivity index (χ3n) is 5.49. The minimum Gasteiger partial charge on any atom is -0.352 e. The van der Waals surface area contributed by atoms with E-state index in [-0.39, 0.29) is 17.3 Å². The fourth-order valence-corrected chi connectivity index (χ4v) is 5.34. The van der Waals surface area contributed by atoms with Crippen molar-refractivity contribution in [2.45, 2.75) is 24.3 Å². The van der Waals surface area contributed by atoms with Gasteiger partial charge in [0.05, 0.1) is 10.8 Å². The first kappa shape index (κ1) is 20.5. The molecule has 3 aromatic carbocycles. The van der Waals surface area contributed by atoms with E-state index in [2.05, 4.69) is 5.32 Å². The first-order valence-corrected chi connectivity index (χ1v) is 11.4. The van der Waals surface area contributed by atoms with Crippen LogP contribution in [0.15, 0.2) is 71.6 Å². The molecule has 3 aromatic rings. The monoisotopic (exact) mass is 426 g/mol. The SMILES string of the molecule is O=C(NCc1ccc2ccccc2c1)[C@@H]1CCCN(S(=O)(=O)c2ccc(F)cc2)C1. The molecule has 0 saturated carbocycles. The molecule has 0 radical (unpaired) electrons. The van der Waals surface area contributed by atoms with E-state index in [1.807, 2.05) is 42.5 Å². The van der Waals surface area contributed by atoms with Crippen molar-refractivity contribution in [2.24, 2.45) is 5.92 Å². The van der Waals surface area contributed by atoms with Gasteiger partial charge < -0.3 is 5.32 Å². The quantitative estimate of drug-likeness (QED) is 0.677. The van der Waals surface area contributed by atoms with Crippen LogP contribution in [-0.2, 0) is 21.4 Å². The number of fused-ring (bicyclic) bond motifs is 1. The van der Waals surface area contributed by atoms with Gasteiger partial charge in [-0.05, 0) is 59.5 Å². The normalized spacial score (nSPS) is 17.7. The van der Waals surface area contributed by atoms with Gasteiger partial charge in [-0.25, -0.2) is 12.8 Å². The molecule has 156 valence electrons. The maximum atomic E-state index is 13.1. The number of carbonyl (C=O) groups excluding carboxylic acids is 1. The summed E-state index contributed by atoms with van der Waals surface area (Å²) in [5.74, 6) is -1.05. The maximum absolute atomic E-state index is 13.1. The molecule has 1 atom stereocenters. The van der Waals surface area contributed by atoms with Crippen molar-refractivity contribution < 1.29 is 17.6 Å². The summed E-state index contributed by atoms with van der Waals surface area (Å²) in [6.45, 7) is 0.877. The van der Waals surface area contributed by atoms with Crippen LogP contribution in [0.4, 0.5) is 4.39 Å². The number of piperidine rings is 1. The van der Waals surface area contributed by atoms with Crippen LogP contribution in [0.5, 0.6) is 0 Å². The van der Waals surface area contributed by atoms with Crippen LogP contribution >= 0.6 is 0 Å². The Labute approximate surface area is 175 Å². The highest BCUT2D eigenvalue weighted by Gasteiger charge is 2.33. The number of nitrogens with zero attached hydrogens (tertiary/aromatic N) is 1. The Morgan fingerprint density at radius 3 is 2.53 bits per heavy atom. The Hall–Kier alpha value is -2.77. The first-order valence-electron chi connectivity index (χ1n) is 9.94. The number of carbonyl (C=O) groups is 1. The van der Waals surface area contributed by atoms with Crippen molar-refractivity contribution in [2.75, 3.05) is 13.1 Å². The van der Waals surface area contributed by atoms with E-state index in [0.29, 0.717) is 25.9 Å². The predicted octanol–water partition coefficient (Wildman–Crippen LogP) is 3.70. The predicted molar refractivity (Wildman–Crippen MR) is 114 cm³/mol. The number of amides is 1. The molecule has 1 amide bonds. The Kier molecular flexibility index (Phi) is 5.83. The summed E-state index contributed by atoms with van der Waals surface area (Å²) < 4.78 is 40.1. The fourth-order valence-electron chi connectivity index (χ4n) is 3.81. The molecule has 1 saturated heterocycles. The number of halogens is 1. The van der Waals surface area contributed by atoms with Crippen LogP contribution < -0.4 is 5.32 Å².